The van der Waals surface area contributed by atoms with Gasteiger partial charge in [0, 0.05) is 43.7 Å². The van der Waals surface area contributed by atoms with Crippen LogP contribution in [0.2, 0.25) is 0 Å². The van der Waals surface area contributed by atoms with Crippen LogP contribution < -0.4 is 10.5 Å². The van der Waals surface area contributed by atoms with Crippen molar-refractivity contribution < 1.29 is 13.5 Å². The lowest BCUT2D eigenvalue weighted by atomic mass is 10.1. The number of benzene rings is 2. The lowest BCUT2D eigenvalue weighted by Crippen LogP contribution is -2.45. The van der Waals surface area contributed by atoms with E-state index in [2.05, 4.69) is 24.5 Å². The van der Waals surface area contributed by atoms with Gasteiger partial charge in [0.25, 0.3) is 0 Å². The van der Waals surface area contributed by atoms with Gasteiger partial charge in [-0.05, 0) is 18.2 Å². The van der Waals surface area contributed by atoms with Gasteiger partial charge in [0.15, 0.2) is 0 Å². The lowest BCUT2D eigenvalue weighted by molar-refractivity contribution is -0.0508. The summed E-state index contributed by atoms with van der Waals surface area (Å²) in [4.78, 5) is 13.6. The first-order valence-electron chi connectivity index (χ1n) is 9.57. The second-order valence-corrected chi connectivity index (χ2v) is 7.08. The van der Waals surface area contributed by atoms with E-state index < -0.39 is 6.61 Å². The lowest BCUT2D eigenvalue weighted by Gasteiger charge is -2.34. The molecule has 2 aromatic carbocycles. The molecule has 1 aliphatic heterocycles. The largest absolute Gasteiger partial charge is 0.434 e. The van der Waals surface area contributed by atoms with Gasteiger partial charge >= 0.3 is 6.61 Å². The highest BCUT2D eigenvalue weighted by Crippen LogP contribution is 2.23. The molecule has 1 aromatic heterocycles. The van der Waals surface area contributed by atoms with Gasteiger partial charge in [-0.2, -0.15) is 8.78 Å². The SMILES string of the molecule is Nc1nc(CN2CCN(Cc3ccccc3OC(F)F)CC2)nc2ccccc12. The summed E-state index contributed by atoms with van der Waals surface area (Å²) in [5.74, 6) is 1.45. The molecule has 2 N–H and O–H groups in total. The number of ether oxygens (including phenoxy) is 1. The zero-order valence-corrected chi connectivity index (χ0v) is 16.0. The van der Waals surface area contributed by atoms with Crippen LogP contribution in [0.1, 0.15) is 11.4 Å². The van der Waals surface area contributed by atoms with Crippen LogP contribution in [0.4, 0.5) is 14.6 Å². The van der Waals surface area contributed by atoms with Crippen LogP contribution >= 0.6 is 0 Å². The van der Waals surface area contributed by atoms with Gasteiger partial charge in [0.05, 0.1) is 12.1 Å². The molecule has 0 atom stereocenters. The average molecular weight is 399 g/mol. The standard InChI is InChI=1S/C21H23F2N5O/c22-21(23)29-18-8-4-1-5-15(18)13-27-9-11-28(12-10-27)14-19-25-17-7-3-2-6-16(17)20(24)26-19/h1-8,21H,9-14H2,(H2,24,25,26). The molecule has 29 heavy (non-hydrogen) atoms. The fraction of sp³-hybridized carbons (Fsp3) is 0.333. The number of halogens is 2. The Kier molecular flexibility index (Phi) is 5.82. The fourth-order valence-electron chi connectivity index (χ4n) is 3.61. The molecule has 0 saturated carbocycles. The fourth-order valence-corrected chi connectivity index (χ4v) is 3.61. The van der Waals surface area contributed by atoms with Crippen molar-refractivity contribution >= 4 is 16.7 Å². The molecule has 1 aliphatic rings. The molecule has 0 amide bonds. The highest BCUT2D eigenvalue weighted by atomic mass is 19.3. The van der Waals surface area contributed by atoms with Gasteiger partial charge in [0.2, 0.25) is 0 Å². The first kappa shape index (κ1) is 19.5. The number of anilines is 1. The number of rotatable bonds is 6. The Morgan fingerprint density at radius 1 is 0.897 bits per heavy atom. The van der Waals surface area contributed by atoms with Crippen molar-refractivity contribution in [2.75, 3.05) is 31.9 Å². The molecule has 0 radical (unpaired) electrons. The third-order valence-electron chi connectivity index (χ3n) is 5.09. The van der Waals surface area contributed by atoms with Crippen LogP contribution in [0.25, 0.3) is 10.9 Å². The van der Waals surface area contributed by atoms with Crippen LogP contribution in [-0.4, -0.2) is 52.6 Å². The van der Waals surface area contributed by atoms with Gasteiger partial charge in [-0.15, -0.1) is 0 Å². The Hall–Kier alpha value is -2.84. The molecule has 0 bridgehead atoms. The number of piperazine rings is 1. The molecule has 2 heterocycles. The van der Waals surface area contributed by atoms with Gasteiger partial charge in [0.1, 0.15) is 17.4 Å². The maximum Gasteiger partial charge on any atom is 0.387 e. The van der Waals surface area contributed by atoms with Crippen molar-refractivity contribution in [1.82, 2.24) is 19.8 Å². The number of hydrogen-bond acceptors (Lipinski definition) is 6. The van der Waals surface area contributed by atoms with Crippen LogP contribution in [0.5, 0.6) is 5.75 Å². The molecule has 3 aromatic rings. The minimum atomic E-state index is -2.82. The Labute approximate surface area is 167 Å². The van der Waals surface area contributed by atoms with Crippen LogP contribution in [0, 0.1) is 0 Å². The normalized spacial score (nSPS) is 15.8. The summed E-state index contributed by atoms with van der Waals surface area (Å²) in [5, 5.41) is 0.866. The summed E-state index contributed by atoms with van der Waals surface area (Å²) in [6.45, 7) is 1.73. The van der Waals surface area contributed by atoms with Crippen LogP contribution in [0.3, 0.4) is 0 Å². The number of para-hydroxylation sites is 2. The van der Waals surface area contributed by atoms with Crippen molar-refractivity contribution in [3.63, 3.8) is 0 Å². The Balaban J connectivity index is 1.36. The summed E-state index contributed by atoms with van der Waals surface area (Å²) >= 11 is 0. The minimum absolute atomic E-state index is 0.241. The molecule has 6 nitrogen and oxygen atoms in total. The van der Waals surface area contributed by atoms with Crippen molar-refractivity contribution in [2.45, 2.75) is 19.7 Å². The van der Waals surface area contributed by atoms with Gasteiger partial charge in [-0.25, -0.2) is 9.97 Å². The predicted molar refractivity (Wildman–Crippen MR) is 108 cm³/mol. The van der Waals surface area contributed by atoms with E-state index in [0.717, 1.165) is 42.6 Å². The zero-order chi connectivity index (χ0) is 20.2. The third-order valence-corrected chi connectivity index (χ3v) is 5.09. The van der Waals surface area contributed by atoms with Crippen molar-refractivity contribution in [3.05, 3.63) is 59.9 Å². The topological polar surface area (TPSA) is 67.5 Å². The molecular formula is C21H23F2N5O. The molecule has 0 unspecified atom stereocenters. The Bertz CT molecular complexity index is 976. The number of aromatic nitrogens is 2. The number of nitrogen functional groups attached to an aromatic ring is 1. The number of fused-ring (bicyclic) bond motifs is 1. The van der Waals surface area contributed by atoms with E-state index in [1.54, 1.807) is 12.1 Å². The summed E-state index contributed by atoms with van der Waals surface area (Å²) in [7, 11) is 0. The summed E-state index contributed by atoms with van der Waals surface area (Å²) in [5.41, 5.74) is 7.70. The Morgan fingerprint density at radius 2 is 1.55 bits per heavy atom. The van der Waals surface area contributed by atoms with Gasteiger partial charge in [-0.1, -0.05) is 30.3 Å². The van der Waals surface area contributed by atoms with Crippen LogP contribution in [0.15, 0.2) is 48.5 Å². The van der Waals surface area contributed by atoms with E-state index in [9.17, 15) is 8.78 Å². The summed E-state index contributed by atoms with van der Waals surface area (Å²) in [6.07, 6.45) is 0. The maximum atomic E-state index is 12.6. The zero-order valence-electron chi connectivity index (χ0n) is 16.0. The van der Waals surface area contributed by atoms with E-state index in [4.69, 9.17) is 5.73 Å². The Morgan fingerprint density at radius 3 is 2.31 bits per heavy atom. The van der Waals surface area contributed by atoms with E-state index >= 15 is 0 Å². The summed E-state index contributed by atoms with van der Waals surface area (Å²) in [6, 6.07) is 14.7. The van der Waals surface area contributed by atoms with E-state index in [0.29, 0.717) is 24.7 Å². The van der Waals surface area contributed by atoms with Gasteiger partial charge < -0.3 is 10.5 Å². The first-order chi connectivity index (χ1) is 14.1. The number of nitrogens with two attached hydrogens (primary N) is 1. The van der Waals surface area contributed by atoms with Crippen molar-refractivity contribution in [1.29, 1.82) is 0 Å². The highest BCUT2D eigenvalue weighted by Gasteiger charge is 2.20. The monoisotopic (exact) mass is 399 g/mol. The molecule has 8 heteroatoms. The minimum Gasteiger partial charge on any atom is -0.434 e. The van der Waals surface area contributed by atoms with Crippen molar-refractivity contribution in [3.8, 4) is 5.75 Å². The predicted octanol–water partition coefficient (Wildman–Crippen LogP) is 3.13. The molecule has 4 rings (SSSR count). The smallest absolute Gasteiger partial charge is 0.387 e. The average Bonchev–Trinajstić information content (AvgIpc) is 2.71. The van der Waals surface area contributed by atoms with Crippen LogP contribution in [-0.2, 0) is 13.1 Å². The summed E-state index contributed by atoms with van der Waals surface area (Å²) < 4.78 is 29.8. The molecule has 1 fully saturated rings. The van der Waals surface area contributed by atoms with E-state index in [1.807, 2.05) is 36.4 Å². The van der Waals surface area contributed by atoms with Gasteiger partial charge in [-0.3, -0.25) is 9.80 Å². The molecule has 152 valence electrons. The molecular weight excluding hydrogens is 376 g/mol. The molecule has 1 saturated heterocycles. The highest BCUT2D eigenvalue weighted by molar-refractivity contribution is 5.87. The number of alkyl halides is 2. The van der Waals surface area contributed by atoms with E-state index in [1.165, 1.54) is 0 Å². The number of hydrogen-bond donors (Lipinski definition) is 1. The third kappa shape index (κ3) is 4.78. The second kappa shape index (κ2) is 8.67. The molecule has 0 spiro atoms. The quantitative estimate of drug-likeness (QED) is 0.687. The molecule has 0 aliphatic carbocycles. The first-order valence-corrected chi connectivity index (χ1v) is 9.57. The second-order valence-electron chi connectivity index (χ2n) is 7.08. The van der Waals surface area contributed by atoms with E-state index in [-0.39, 0.29) is 5.75 Å². The number of nitrogens with zero attached hydrogens (tertiary/aromatic N) is 4. The van der Waals surface area contributed by atoms with Crippen molar-refractivity contribution in [2.24, 2.45) is 0 Å². The maximum absolute atomic E-state index is 12.6.